The first-order valence-corrected chi connectivity index (χ1v) is 15.4. The molecular formula is C29H34N2O5S2. The number of hydrogen-bond acceptors (Lipinski definition) is 6. The van der Waals surface area contributed by atoms with Gasteiger partial charge in [0.05, 0.1) is 23.6 Å². The molecule has 3 aromatic rings. The third kappa shape index (κ3) is 5.96. The molecule has 2 atom stereocenters. The maximum Gasteiger partial charge on any atom is 0.243 e. The van der Waals surface area contributed by atoms with E-state index in [1.165, 1.54) is 9.18 Å². The topological polar surface area (TPSA) is 76.2 Å². The molecular weight excluding hydrogens is 520 g/mol. The van der Waals surface area contributed by atoms with Crippen LogP contribution in [0.1, 0.15) is 40.5 Å². The SMILES string of the molecule is Cc1ccc(OC[C@H]2c3ccsc3CCN2C(=O)CN(C[C@@H]2CCCO2)S(=O)(=O)c2ccc(C)cc2)cc1. The highest BCUT2D eigenvalue weighted by Crippen LogP contribution is 2.34. The summed E-state index contributed by atoms with van der Waals surface area (Å²) in [5, 5.41) is 2.04. The molecule has 0 spiro atoms. The minimum absolute atomic E-state index is 0.157. The molecule has 1 aromatic heterocycles. The first kappa shape index (κ1) is 26.9. The number of amides is 1. The Kier molecular flexibility index (Phi) is 8.18. The summed E-state index contributed by atoms with van der Waals surface area (Å²) in [4.78, 5) is 17.1. The van der Waals surface area contributed by atoms with Crippen molar-refractivity contribution in [2.45, 2.75) is 50.2 Å². The van der Waals surface area contributed by atoms with Crippen LogP contribution in [-0.4, -0.2) is 62.5 Å². The molecule has 202 valence electrons. The maximum absolute atomic E-state index is 13.8. The van der Waals surface area contributed by atoms with Crippen molar-refractivity contribution < 1.29 is 22.7 Å². The molecule has 9 heteroatoms. The largest absolute Gasteiger partial charge is 0.491 e. The van der Waals surface area contributed by atoms with Gasteiger partial charge in [0.2, 0.25) is 15.9 Å². The van der Waals surface area contributed by atoms with Crippen molar-refractivity contribution in [3.63, 3.8) is 0 Å². The summed E-state index contributed by atoms with van der Waals surface area (Å²) in [6.45, 7) is 5.29. The normalized spacial score (nSPS) is 19.5. The van der Waals surface area contributed by atoms with Gasteiger partial charge in [-0.1, -0.05) is 35.4 Å². The Bertz CT molecular complexity index is 1350. The summed E-state index contributed by atoms with van der Waals surface area (Å²) in [6, 6.07) is 16.4. The molecule has 0 radical (unpaired) electrons. The van der Waals surface area contributed by atoms with E-state index in [1.807, 2.05) is 43.5 Å². The Morgan fingerprint density at radius 1 is 1.08 bits per heavy atom. The van der Waals surface area contributed by atoms with Gasteiger partial charge in [0.15, 0.2) is 0 Å². The molecule has 0 saturated carbocycles. The lowest BCUT2D eigenvalue weighted by atomic mass is 10.0. The number of nitrogens with zero attached hydrogens (tertiary/aromatic N) is 2. The second kappa shape index (κ2) is 11.6. The molecule has 2 aliphatic heterocycles. The molecule has 1 saturated heterocycles. The average Bonchev–Trinajstić information content (AvgIpc) is 3.60. The number of hydrogen-bond donors (Lipinski definition) is 0. The van der Waals surface area contributed by atoms with Gasteiger partial charge in [0.1, 0.15) is 12.4 Å². The van der Waals surface area contributed by atoms with Gasteiger partial charge in [-0.25, -0.2) is 8.42 Å². The smallest absolute Gasteiger partial charge is 0.243 e. The number of benzene rings is 2. The Labute approximate surface area is 229 Å². The maximum atomic E-state index is 13.8. The minimum atomic E-state index is -3.89. The van der Waals surface area contributed by atoms with E-state index in [0.29, 0.717) is 19.8 Å². The molecule has 0 bridgehead atoms. The molecule has 38 heavy (non-hydrogen) atoms. The fourth-order valence-corrected chi connectivity index (χ4v) is 7.40. The van der Waals surface area contributed by atoms with E-state index in [1.54, 1.807) is 40.5 Å². The molecule has 1 fully saturated rings. The van der Waals surface area contributed by atoms with Gasteiger partial charge in [-0.2, -0.15) is 4.31 Å². The van der Waals surface area contributed by atoms with Gasteiger partial charge in [-0.05, 0) is 74.4 Å². The highest BCUT2D eigenvalue weighted by Gasteiger charge is 2.36. The molecule has 5 rings (SSSR count). The summed E-state index contributed by atoms with van der Waals surface area (Å²) in [7, 11) is -3.89. The summed E-state index contributed by atoms with van der Waals surface area (Å²) in [5.41, 5.74) is 3.20. The Morgan fingerprint density at radius 3 is 2.47 bits per heavy atom. The molecule has 7 nitrogen and oxygen atoms in total. The lowest BCUT2D eigenvalue weighted by molar-refractivity contribution is -0.135. The van der Waals surface area contributed by atoms with Gasteiger partial charge < -0.3 is 14.4 Å². The van der Waals surface area contributed by atoms with E-state index in [0.717, 1.165) is 41.7 Å². The predicted molar refractivity (Wildman–Crippen MR) is 148 cm³/mol. The van der Waals surface area contributed by atoms with Crippen molar-refractivity contribution in [2.75, 3.05) is 32.8 Å². The minimum Gasteiger partial charge on any atom is -0.491 e. The summed E-state index contributed by atoms with van der Waals surface area (Å²) in [5.74, 6) is 0.514. The first-order chi connectivity index (χ1) is 18.3. The molecule has 0 N–H and O–H groups in total. The van der Waals surface area contributed by atoms with Crippen molar-refractivity contribution in [3.8, 4) is 5.75 Å². The molecule has 1 amide bonds. The van der Waals surface area contributed by atoms with Crippen LogP contribution in [0.3, 0.4) is 0 Å². The lowest BCUT2D eigenvalue weighted by Gasteiger charge is -2.37. The van der Waals surface area contributed by atoms with Gasteiger partial charge in [-0.15, -0.1) is 11.3 Å². The standard InChI is InChI=1S/C29H34N2O5S2/c1-21-5-9-23(10-6-21)36-20-27-26-14-17-37-28(26)13-15-31(27)29(32)19-30(18-24-4-3-16-35-24)38(33,34)25-11-7-22(2)8-12-25/h5-12,14,17,24,27H,3-4,13,15-16,18-20H2,1-2H3/t24-,27-/m0/s1. The quantitative estimate of drug-likeness (QED) is 0.382. The van der Waals surface area contributed by atoms with Crippen LogP contribution >= 0.6 is 11.3 Å². The third-order valence-electron chi connectivity index (χ3n) is 7.25. The van der Waals surface area contributed by atoms with Crippen molar-refractivity contribution in [1.82, 2.24) is 9.21 Å². The third-order valence-corrected chi connectivity index (χ3v) is 10.1. The van der Waals surface area contributed by atoms with Crippen molar-refractivity contribution in [1.29, 1.82) is 0 Å². The van der Waals surface area contributed by atoms with Crippen LogP contribution in [0.25, 0.3) is 0 Å². The second-order valence-corrected chi connectivity index (χ2v) is 13.0. The van der Waals surface area contributed by atoms with Crippen molar-refractivity contribution in [3.05, 3.63) is 81.5 Å². The first-order valence-electron chi connectivity index (χ1n) is 13.0. The molecule has 2 aliphatic rings. The number of ether oxygens (including phenoxy) is 2. The zero-order valence-corrected chi connectivity index (χ0v) is 23.5. The fraction of sp³-hybridized carbons (Fsp3) is 0.414. The highest BCUT2D eigenvalue weighted by molar-refractivity contribution is 7.89. The van der Waals surface area contributed by atoms with Gasteiger partial charge in [-0.3, -0.25) is 4.79 Å². The van der Waals surface area contributed by atoms with Crippen LogP contribution in [-0.2, 0) is 26.0 Å². The van der Waals surface area contributed by atoms with Crippen LogP contribution in [0.15, 0.2) is 64.9 Å². The summed E-state index contributed by atoms with van der Waals surface area (Å²) < 4.78 is 40.6. The Balaban J connectivity index is 1.38. The number of carbonyl (C=O) groups excluding carboxylic acids is 1. The van der Waals surface area contributed by atoms with E-state index in [4.69, 9.17) is 9.47 Å². The number of sulfonamides is 1. The second-order valence-electron chi connectivity index (χ2n) is 10.0. The van der Waals surface area contributed by atoms with Crippen LogP contribution in [0, 0.1) is 13.8 Å². The van der Waals surface area contributed by atoms with E-state index in [9.17, 15) is 13.2 Å². The van der Waals surface area contributed by atoms with E-state index >= 15 is 0 Å². The number of thiophene rings is 1. The summed E-state index contributed by atoms with van der Waals surface area (Å²) in [6.07, 6.45) is 2.20. The van der Waals surface area contributed by atoms with Gasteiger partial charge >= 0.3 is 0 Å². The van der Waals surface area contributed by atoms with Crippen LogP contribution < -0.4 is 4.74 Å². The van der Waals surface area contributed by atoms with Crippen LogP contribution in [0.4, 0.5) is 0 Å². The lowest BCUT2D eigenvalue weighted by Crippen LogP contribution is -2.49. The van der Waals surface area contributed by atoms with Crippen LogP contribution in [0.5, 0.6) is 5.75 Å². The number of rotatable bonds is 9. The van der Waals surface area contributed by atoms with E-state index < -0.39 is 10.0 Å². The number of fused-ring (bicyclic) bond motifs is 1. The predicted octanol–water partition coefficient (Wildman–Crippen LogP) is 4.74. The molecule has 0 unspecified atom stereocenters. The van der Waals surface area contributed by atoms with E-state index in [-0.39, 0.29) is 36.0 Å². The zero-order chi connectivity index (χ0) is 26.7. The molecule has 3 heterocycles. The number of aryl methyl sites for hydroxylation is 2. The van der Waals surface area contributed by atoms with Crippen LogP contribution in [0.2, 0.25) is 0 Å². The Morgan fingerprint density at radius 2 is 1.79 bits per heavy atom. The molecule has 2 aromatic carbocycles. The van der Waals surface area contributed by atoms with E-state index in [2.05, 4.69) is 6.07 Å². The fourth-order valence-electron chi connectivity index (χ4n) is 5.05. The van der Waals surface area contributed by atoms with Gasteiger partial charge in [0, 0.05) is 24.6 Å². The number of carbonyl (C=O) groups is 1. The van der Waals surface area contributed by atoms with Gasteiger partial charge in [0.25, 0.3) is 0 Å². The summed E-state index contributed by atoms with van der Waals surface area (Å²) >= 11 is 1.69. The average molecular weight is 555 g/mol. The van der Waals surface area contributed by atoms with Crippen molar-refractivity contribution in [2.24, 2.45) is 0 Å². The monoisotopic (exact) mass is 554 g/mol. The Hall–Kier alpha value is -2.72. The van der Waals surface area contributed by atoms with Crippen molar-refractivity contribution >= 4 is 27.3 Å². The zero-order valence-electron chi connectivity index (χ0n) is 21.8. The molecule has 0 aliphatic carbocycles. The highest BCUT2D eigenvalue weighted by atomic mass is 32.2.